The second-order valence-corrected chi connectivity index (χ2v) is 4.70. The van der Waals surface area contributed by atoms with Gasteiger partial charge >= 0.3 is 12.0 Å². The van der Waals surface area contributed by atoms with Crippen molar-refractivity contribution in [1.82, 2.24) is 10.6 Å². The summed E-state index contributed by atoms with van der Waals surface area (Å²) in [4.78, 5) is 22.4. The number of carboxylic acids is 1. The van der Waals surface area contributed by atoms with Crippen molar-refractivity contribution in [2.75, 3.05) is 7.11 Å². The van der Waals surface area contributed by atoms with E-state index in [1.807, 2.05) is 0 Å². The molecule has 1 aliphatic rings. The number of carbonyl (C=O) groups excluding carboxylic acids is 1. The van der Waals surface area contributed by atoms with Crippen LogP contribution in [-0.4, -0.2) is 42.4 Å². The van der Waals surface area contributed by atoms with Gasteiger partial charge in [-0.2, -0.15) is 0 Å². The lowest BCUT2D eigenvalue weighted by molar-refractivity contribution is -0.140. The molecule has 1 saturated carbocycles. The van der Waals surface area contributed by atoms with Gasteiger partial charge < -0.3 is 20.5 Å². The van der Waals surface area contributed by atoms with Gasteiger partial charge in [-0.3, -0.25) is 0 Å². The third-order valence-corrected chi connectivity index (χ3v) is 2.98. The summed E-state index contributed by atoms with van der Waals surface area (Å²) in [5, 5.41) is 14.1. The van der Waals surface area contributed by atoms with Crippen LogP contribution in [0.15, 0.2) is 0 Å². The molecule has 1 atom stereocenters. The third kappa shape index (κ3) is 3.89. The first-order valence-electron chi connectivity index (χ1n) is 5.76. The maximum Gasteiger partial charge on any atom is 0.326 e. The van der Waals surface area contributed by atoms with Crippen LogP contribution in [-0.2, 0) is 9.53 Å². The number of hydrogen-bond donors (Lipinski definition) is 3. The highest BCUT2D eigenvalue weighted by atomic mass is 16.5. The highest BCUT2D eigenvalue weighted by molar-refractivity contribution is 5.82. The molecule has 0 heterocycles. The van der Waals surface area contributed by atoms with Crippen molar-refractivity contribution in [3.63, 3.8) is 0 Å². The third-order valence-electron chi connectivity index (χ3n) is 2.98. The number of aliphatic carboxylic acids is 1. The van der Waals surface area contributed by atoms with Crippen LogP contribution in [0.4, 0.5) is 4.79 Å². The Kier molecular flexibility index (Phi) is 4.74. The molecule has 1 aliphatic carbocycles. The summed E-state index contributed by atoms with van der Waals surface area (Å²) in [5.41, 5.74) is 0. The molecule has 6 nitrogen and oxygen atoms in total. The monoisotopic (exact) mass is 244 g/mol. The molecule has 0 aromatic carbocycles. The van der Waals surface area contributed by atoms with Gasteiger partial charge in [0.15, 0.2) is 0 Å². The average molecular weight is 244 g/mol. The van der Waals surface area contributed by atoms with Crippen molar-refractivity contribution in [2.45, 2.75) is 44.9 Å². The second kappa shape index (κ2) is 5.86. The number of amides is 2. The fourth-order valence-electron chi connectivity index (χ4n) is 1.76. The van der Waals surface area contributed by atoms with Crippen LogP contribution in [0, 0.1) is 5.92 Å². The van der Waals surface area contributed by atoms with Crippen LogP contribution in [0.5, 0.6) is 0 Å². The SMILES string of the molecule is COC1CC(NC(=O)N[C@H](C(=O)O)C(C)C)C1. The fraction of sp³-hybridized carbons (Fsp3) is 0.818. The number of urea groups is 1. The molecule has 98 valence electrons. The molecule has 0 unspecified atom stereocenters. The van der Waals surface area contributed by atoms with E-state index in [9.17, 15) is 9.59 Å². The van der Waals surface area contributed by atoms with Crippen molar-refractivity contribution in [3.8, 4) is 0 Å². The van der Waals surface area contributed by atoms with Gasteiger partial charge in [0.2, 0.25) is 0 Å². The fourth-order valence-corrected chi connectivity index (χ4v) is 1.76. The number of hydrogen-bond acceptors (Lipinski definition) is 3. The number of rotatable bonds is 5. The minimum absolute atomic E-state index is 0.0848. The maximum absolute atomic E-state index is 11.5. The quantitative estimate of drug-likeness (QED) is 0.660. The molecule has 0 aliphatic heterocycles. The van der Waals surface area contributed by atoms with E-state index >= 15 is 0 Å². The molecule has 1 rings (SSSR count). The van der Waals surface area contributed by atoms with E-state index in [1.165, 1.54) is 0 Å². The van der Waals surface area contributed by atoms with Gasteiger partial charge in [0, 0.05) is 13.2 Å². The molecule has 17 heavy (non-hydrogen) atoms. The molecule has 2 amide bonds. The van der Waals surface area contributed by atoms with E-state index in [0.717, 1.165) is 12.8 Å². The molecule has 3 N–H and O–H groups in total. The zero-order chi connectivity index (χ0) is 13.0. The topological polar surface area (TPSA) is 87.7 Å². The molecule has 0 radical (unpaired) electrons. The standard InChI is InChI=1S/C11H20N2O4/c1-6(2)9(10(14)15)13-11(16)12-7-4-8(5-7)17-3/h6-9H,4-5H2,1-3H3,(H,14,15)(H2,12,13,16)/t7?,8?,9-/m0/s1. The van der Waals surface area contributed by atoms with Crippen molar-refractivity contribution in [2.24, 2.45) is 5.92 Å². The van der Waals surface area contributed by atoms with E-state index < -0.39 is 18.0 Å². The van der Waals surface area contributed by atoms with E-state index in [2.05, 4.69) is 10.6 Å². The Hall–Kier alpha value is -1.30. The smallest absolute Gasteiger partial charge is 0.326 e. The molecule has 0 aromatic heterocycles. The first-order valence-corrected chi connectivity index (χ1v) is 5.76. The first kappa shape index (κ1) is 13.8. The number of carbonyl (C=O) groups is 2. The van der Waals surface area contributed by atoms with Crippen LogP contribution in [0.3, 0.4) is 0 Å². The molecule has 0 bridgehead atoms. The summed E-state index contributed by atoms with van der Waals surface area (Å²) in [6.07, 6.45) is 1.77. The van der Waals surface area contributed by atoms with Gasteiger partial charge in [-0.25, -0.2) is 9.59 Å². The highest BCUT2D eigenvalue weighted by Crippen LogP contribution is 2.22. The Bertz CT molecular complexity index is 287. The Balaban J connectivity index is 2.31. The zero-order valence-corrected chi connectivity index (χ0v) is 10.4. The zero-order valence-electron chi connectivity index (χ0n) is 10.4. The number of nitrogens with one attached hydrogen (secondary N) is 2. The van der Waals surface area contributed by atoms with Gasteiger partial charge in [-0.15, -0.1) is 0 Å². The van der Waals surface area contributed by atoms with Gasteiger partial charge in [0.25, 0.3) is 0 Å². The summed E-state index contributed by atoms with van der Waals surface area (Å²) in [6, 6.07) is -1.19. The average Bonchev–Trinajstić information content (AvgIpc) is 2.18. The maximum atomic E-state index is 11.5. The minimum atomic E-state index is -1.02. The lowest BCUT2D eigenvalue weighted by Gasteiger charge is -2.34. The van der Waals surface area contributed by atoms with Crippen molar-refractivity contribution in [1.29, 1.82) is 0 Å². The van der Waals surface area contributed by atoms with Crippen LogP contribution in [0.1, 0.15) is 26.7 Å². The summed E-state index contributed by atoms with van der Waals surface area (Å²) in [7, 11) is 1.64. The van der Waals surface area contributed by atoms with Crippen LogP contribution in [0.25, 0.3) is 0 Å². The summed E-state index contributed by atoms with van der Waals surface area (Å²) >= 11 is 0. The predicted molar refractivity (Wildman–Crippen MR) is 61.7 cm³/mol. The normalized spacial score (nSPS) is 24.9. The predicted octanol–water partition coefficient (Wildman–Crippen LogP) is 0.572. The molecule has 6 heteroatoms. The van der Waals surface area contributed by atoms with Crippen molar-refractivity contribution >= 4 is 12.0 Å². The van der Waals surface area contributed by atoms with E-state index in [0.29, 0.717) is 0 Å². The molecular weight excluding hydrogens is 224 g/mol. The lowest BCUT2D eigenvalue weighted by Crippen LogP contribution is -2.54. The highest BCUT2D eigenvalue weighted by Gasteiger charge is 2.31. The number of methoxy groups -OCH3 is 1. The molecule has 1 fully saturated rings. The molecule has 0 saturated heterocycles. The Morgan fingerprint density at radius 1 is 1.35 bits per heavy atom. The Labute approximate surface area is 101 Å². The van der Waals surface area contributed by atoms with Crippen molar-refractivity contribution in [3.05, 3.63) is 0 Å². The Morgan fingerprint density at radius 2 is 1.94 bits per heavy atom. The summed E-state index contributed by atoms with van der Waals surface area (Å²) in [6.45, 7) is 3.51. The minimum Gasteiger partial charge on any atom is -0.480 e. The first-order chi connectivity index (χ1) is 7.93. The van der Waals surface area contributed by atoms with Gasteiger partial charge in [0.1, 0.15) is 6.04 Å². The molecular formula is C11H20N2O4. The van der Waals surface area contributed by atoms with Crippen LogP contribution in [0.2, 0.25) is 0 Å². The summed E-state index contributed by atoms with van der Waals surface area (Å²) in [5.74, 6) is -1.16. The number of carboxylic acid groups (broad SMARTS) is 1. The van der Waals surface area contributed by atoms with Gasteiger partial charge in [-0.05, 0) is 18.8 Å². The summed E-state index contributed by atoms with van der Waals surface area (Å²) < 4.78 is 5.09. The van der Waals surface area contributed by atoms with Gasteiger partial charge in [0.05, 0.1) is 6.10 Å². The van der Waals surface area contributed by atoms with Crippen LogP contribution >= 0.6 is 0 Å². The molecule has 0 aromatic rings. The van der Waals surface area contributed by atoms with Crippen molar-refractivity contribution < 1.29 is 19.4 Å². The Morgan fingerprint density at radius 3 is 2.35 bits per heavy atom. The van der Waals surface area contributed by atoms with Crippen LogP contribution < -0.4 is 10.6 Å². The largest absolute Gasteiger partial charge is 0.480 e. The lowest BCUT2D eigenvalue weighted by atomic mass is 9.89. The van der Waals surface area contributed by atoms with E-state index in [1.54, 1.807) is 21.0 Å². The number of ether oxygens (including phenoxy) is 1. The van der Waals surface area contributed by atoms with E-state index in [-0.39, 0.29) is 18.1 Å². The van der Waals surface area contributed by atoms with Gasteiger partial charge in [-0.1, -0.05) is 13.8 Å². The molecule has 0 spiro atoms. The second-order valence-electron chi connectivity index (χ2n) is 4.70. The van der Waals surface area contributed by atoms with E-state index in [4.69, 9.17) is 9.84 Å².